The molecule has 0 saturated heterocycles. The van der Waals surface area contributed by atoms with Crippen LogP contribution < -0.4 is 5.73 Å². The van der Waals surface area contributed by atoms with Gasteiger partial charge >= 0.3 is 12.1 Å². The van der Waals surface area contributed by atoms with E-state index in [9.17, 15) is 9.59 Å². The van der Waals surface area contributed by atoms with Gasteiger partial charge in [-0.3, -0.25) is 0 Å². The lowest BCUT2D eigenvalue weighted by Crippen LogP contribution is -2.28. The van der Waals surface area contributed by atoms with Gasteiger partial charge in [0.1, 0.15) is 0 Å². The van der Waals surface area contributed by atoms with Crippen LogP contribution in [0.15, 0.2) is 0 Å². The van der Waals surface area contributed by atoms with Crippen molar-refractivity contribution in [2.75, 3.05) is 7.11 Å². The van der Waals surface area contributed by atoms with Gasteiger partial charge in [-0.05, 0) is 6.92 Å². The van der Waals surface area contributed by atoms with Crippen LogP contribution in [0.3, 0.4) is 0 Å². The Labute approximate surface area is 58.1 Å². The number of esters is 1. The van der Waals surface area contributed by atoms with Crippen LogP contribution in [0.25, 0.3) is 0 Å². The highest BCUT2D eigenvalue weighted by atomic mass is 16.6. The summed E-state index contributed by atoms with van der Waals surface area (Å²) in [5, 5.41) is 0. The second-order valence-corrected chi connectivity index (χ2v) is 1.60. The number of carbonyl (C=O) groups excluding carboxylic acids is 2. The first-order valence-electron chi connectivity index (χ1n) is 2.62. The monoisotopic (exact) mass is 147 g/mol. The summed E-state index contributed by atoms with van der Waals surface area (Å²) in [6.45, 7) is 1.37. The number of hydrogen-bond acceptors (Lipinski definition) is 4. The maximum Gasteiger partial charge on any atom is 0.405 e. The molecule has 1 unspecified atom stereocenters. The molecule has 10 heavy (non-hydrogen) atoms. The number of nitrogens with two attached hydrogens (primary N) is 1. The molecule has 58 valence electrons. The molecule has 0 radical (unpaired) electrons. The van der Waals surface area contributed by atoms with Crippen LogP contribution in [-0.2, 0) is 14.3 Å². The Morgan fingerprint density at radius 3 is 2.30 bits per heavy atom. The second kappa shape index (κ2) is 3.71. The van der Waals surface area contributed by atoms with E-state index in [1.807, 2.05) is 0 Å². The molecule has 0 aliphatic carbocycles. The first-order chi connectivity index (χ1) is 4.57. The van der Waals surface area contributed by atoms with Gasteiger partial charge in [0.2, 0.25) is 0 Å². The molecule has 1 atom stereocenters. The van der Waals surface area contributed by atoms with E-state index >= 15 is 0 Å². The third-order valence-corrected chi connectivity index (χ3v) is 0.826. The lowest BCUT2D eigenvalue weighted by atomic mass is 10.4. The molecule has 0 heterocycles. The van der Waals surface area contributed by atoms with E-state index in [2.05, 4.69) is 15.2 Å². The Morgan fingerprint density at radius 2 is 2.00 bits per heavy atom. The maximum absolute atomic E-state index is 10.5. The summed E-state index contributed by atoms with van der Waals surface area (Å²) in [6.07, 6.45) is -1.92. The summed E-state index contributed by atoms with van der Waals surface area (Å²) in [5.74, 6) is -0.626. The van der Waals surface area contributed by atoms with Gasteiger partial charge in [-0.15, -0.1) is 0 Å². The van der Waals surface area contributed by atoms with Crippen LogP contribution in [0.4, 0.5) is 4.79 Å². The van der Waals surface area contributed by atoms with Gasteiger partial charge in [0.25, 0.3) is 0 Å². The third-order valence-electron chi connectivity index (χ3n) is 0.826. The Hall–Kier alpha value is -1.26. The first kappa shape index (κ1) is 8.74. The highest BCUT2D eigenvalue weighted by Gasteiger charge is 2.15. The number of hydrogen-bond donors (Lipinski definition) is 1. The van der Waals surface area contributed by atoms with Crippen LogP contribution in [0.2, 0.25) is 0 Å². The molecule has 0 aliphatic heterocycles. The molecule has 0 spiro atoms. The minimum Gasteiger partial charge on any atom is -0.466 e. The summed E-state index contributed by atoms with van der Waals surface area (Å²) >= 11 is 0. The Kier molecular flexibility index (Phi) is 3.24. The Balaban J connectivity index is 3.72. The standard InChI is InChI=1S/C5H9NO4/c1-3(4(7)9-2)10-5(6)8/h3H,1-2H3,(H2,6,8). The number of ether oxygens (including phenoxy) is 2. The van der Waals surface area contributed by atoms with Crippen LogP contribution in [0.5, 0.6) is 0 Å². The van der Waals surface area contributed by atoms with Crippen molar-refractivity contribution in [2.24, 2.45) is 5.73 Å². The van der Waals surface area contributed by atoms with Gasteiger partial charge in [0, 0.05) is 0 Å². The van der Waals surface area contributed by atoms with E-state index in [1.54, 1.807) is 0 Å². The molecule has 5 heteroatoms. The maximum atomic E-state index is 10.5. The molecule has 2 N–H and O–H groups in total. The SMILES string of the molecule is COC(=O)C(C)OC(N)=O. The molecular formula is C5H9NO4. The zero-order valence-corrected chi connectivity index (χ0v) is 5.79. The van der Waals surface area contributed by atoms with Crippen molar-refractivity contribution in [3.8, 4) is 0 Å². The number of rotatable bonds is 2. The fourth-order valence-corrected chi connectivity index (χ4v) is 0.388. The second-order valence-electron chi connectivity index (χ2n) is 1.60. The van der Waals surface area contributed by atoms with E-state index in [4.69, 9.17) is 0 Å². The average Bonchev–Trinajstić information content (AvgIpc) is 1.85. The van der Waals surface area contributed by atoms with Crippen LogP contribution in [0, 0.1) is 0 Å². The third kappa shape index (κ3) is 2.91. The summed E-state index contributed by atoms with van der Waals surface area (Å²) in [6, 6.07) is 0. The van der Waals surface area contributed by atoms with E-state index in [0.29, 0.717) is 0 Å². The van der Waals surface area contributed by atoms with Crippen molar-refractivity contribution in [3.63, 3.8) is 0 Å². The number of primary amides is 1. The van der Waals surface area contributed by atoms with Crippen molar-refractivity contribution in [2.45, 2.75) is 13.0 Å². The highest BCUT2D eigenvalue weighted by molar-refractivity contribution is 5.77. The smallest absolute Gasteiger partial charge is 0.405 e. The molecule has 5 nitrogen and oxygen atoms in total. The number of carbonyl (C=O) groups is 2. The minimum atomic E-state index is -0.988. The van der Waals surface area contributed by atoms with Crippen LogP contribution in [-0.4, -0.2) is 25.3 Å². The van der Waals surface area contributed by atoms with E-state index in [-0.39, 0.29) is 0 Å². The average molecular weight is 147 g/mol. The van der Waals surface area contributed by atoms with Gasteiger partial charge in [-0.2, -0.15) is 0 Å². The van der Waals surface area contributed by atoms with E-state index < -0.39 is 18.2 Å². The van der Waals surface area contributed by atoms with Gasteiger partial charge < -0.3 is 15.2 Å². The Bertz CT molecular complexity index is 145. The van der Waals surface area contributed by atoms with Crippen molar-refractivity contribution < 1.29 is 19.1 Å². The molecule has 0 fully saturated rings. The van der Waals surface area contributed by atoms with Gasteiger partial charge in [-0.1, -0.05) is 0 Å². The fraction of sp³-hybridized carbons (Fsp3) is 0.600. The quantitative estimate of drug-likeness (QED) is 0.541. The van der Waals surface area contributed by atoms with E-state index in [1.165, 1.54) is 14.0 Å². The van der Waals surface area contributed by atoms with Crippen molar-refractivity contribution in [1.29, 1.82) is 0 Å². The zero-order valence-electron chi connectivity index (χ0n) is 5.79. The summed E-state index contributed by atoms with van der Waals surface area (Å²) in [7, 11) is 1.20. The normalized spacial score (nSPS) is 11.8. The molecule has 0 bridgehead atoms. The van der Waals surface area contributed by atoms with E-state index in [0.717, 1.165) is 0 Å². The fourth-order valence-electron chi connectivity index (χ4n) is 0.388. The van der Waals surface area contributed by atoms with Gasteiger partial charge in [0.05, 0.1) is 7.11 Å². The van der Waals surface area contributed by atoms with Crippen molar-refractivity contribution in [3.05, 3.63) is 0 Å². The zero-order chi connectivity index (χ0) is 8.15. The lowest BCUT2D eigenvalue weighted by molar-refractivity contribution is -0.149. The number of methoxy groups -OCH3 is 1. The lowest BCUT2D eigenvalue weighted by Gasteiger charge is -2.07. The molecule has 0 aromatic heterocycles. The van der Waals surface area contributed by atoms with Gasteiger partial charge in [-0.25, -0.2) is 9.59 Å². The predicted octanol–water partition coefficient (Wildman–Crippen LogP) is -0.357. The molecule has 0 aromatic rings. The molecule has 0 saturated carbocycles. The summed E-state index contributed by atoms with van der Waals surface area (Å²) < 4.78 is 8.51. The molecular weight excluding hydrogens is 138 g/mol. The van der Waals surface area contributed by atoms with Crippen LogP contribution >= 0.6 is 0 Å². The molecule has 0 aliphatic rings. The predicted molar refractivity (Wildman–Crippen MR) is 32.1 cm³/mol. The molecule has 1 amide bonds. The minimum absolute atomic E-state index is 0.626. The Morgan fingerprint density at radius 1 is 1.50 bits per heavy atom. The van der Waals surface area contributed by atoms with Crippen molar-refractivity contribution in [1.82, 2.24) is 0 Å². The molecule has 0 rings (SSSR count). The first-order valence-corrected chi connectivity index (χ1v) is 2.62. The number of amides is 1. The van der Waals surface area contributed by atoms with Gasteiger partial charge in [0.15, 0.2) is 6.10 Å². The highest BCUT2D eigenvalue weighted by Crippen LogP contribution is 1.91. The largest absolute Gasteiger partial charge is 0.466 e. The summed E-state index contributed by atoms with van der Waals surface area (Å²) in [4.78, 5) is 20.5. The van der Waals surface area contributed by atoms with Crippen molar-refractivity contribution >= 4 is 12.1 Å². The topological polar surface area (TPSA) is 78.6 Å². The van der Waals surface area contributed by atoms with Crippen LogP contribution in [0.1, 0.15) is 6.92 Å². The summed E-state index contributed by atoms with van der Waals surface area (Å²) in [5.41, 5.74) is 4.62. The molecule has 0 aromatic carbocycles.